The zero-order chi connectivity index (χ0) is 14.8. The summed E-state index contributed by atoms with van der Waals surface area (Å²) in [4.78, 5) is 10.9. The van der Waals surface area contributed by atoms with Gasteiger partial charge in [0.25, 0.3) is 0 Å². The Balaban J connectivity index is 2.23. The van der Waals surface area contributed by atoms with Crippen LogP contribution in [0.1, 0.15) is 32.3 Å². The number of ether oxygens (including phenoxy) is 2. The van der Waals surface area contributed by atoms with E-state index >= 15 is 0 Å². The number of carbonyl (C=O) groups is 1. The van der Waals surface area contributed by atoms with E-state index in [1.165, 1.54) is 12.7 Å². The molecule has 1 N–H and O–H groups in total. The summed E-state index contributed by atoms with van der Waals surface area (Å²) in [5, 5.41) is 3.20. The van der Waals surface area contributed by atoms with E-state index in [1.54, 1.807) is 0 Å². The topological polar surface area (TPSA) is 47.6 Å². The van der Waals surface area contributed by atoms with Crippen LogP contribution < -0.4 is 10.1 Å². The standard InChI is InChI=1S/C16H25NO3/c1-13(2)9-11-20-15-6-4-14(5-7-15)12-17-10-8-16(18)19-3/h4-7,13,17H,8-12H2,1-3H3. The molecule has 0 aliphatic carbocycles. The Hall–Kier alpha value is -1.55. The number of methoxy groups -OCH3 is 1. The molecule has 0 heterocycles. The maximum absolute atomic E-state index is 10.9. The molecule has 1 aromatic carbocycles. The van der Waals surface area contributed by atoms with Crippen LogP contribution in [0, 0.1) is 5.92 Å². The Morgan fingerprint density at radius 3 is 2.55 bits per heavy atom. The Labute approximate surface area is 121 Å². The number of esters is 1. The number of benzene rings is 1. The summed E-state index contributed by atoms with van der Waals surface area (Å²) in [5.74, 6) is 1.38. The highest BCUT2D eigenvalue weighted by Crippen LogP contribution is 2.13. The molecule has 112 valence electrons. The van der Waals surface area contributed by atoms with Crippen LogP contribution in [0.4, 0.5) is 0 Å². The fourth-order valence-corrected chi connectivity index (χ4v) is 1.64. The van der Waals surface area contributed by atoms with Gasteiger partial charge >= 0.3 is 5.97 Å². The zero-order valence-electron chi connectivity index (χ0n) is 12.6. The third-order valence-electron chi connectivity index (χ3n) is 2.95. The van der Waals surface area contributed by atoms with Crippen LogP contribution >= 0.6 is 0 Å². The molecule has 0 bridgehead atoms. The molecule has 0 saturated heterocycles. The second-order valence-electron chi connectivity index (χ2n) is 5.18. The fourth-order valence-electron chi connectivity index (χ4n) is 1.64. The summed E-state index contributed by atoms with van der Waals surface area (Å²) in [6, 6.07) is 8.04. The second kappa shape index (κ2) is 9.37. The average Bonchev–Trinajstić information content (AvgIpc) is 2.44. The van der Waals surface area contributed by atoms with Crippen molar-refractivity contribution in [1.82, 2.24) is 5.32 Å². The molecule has 0 radical (unpaired) electrons. The normalized spacial score (nSPS) is 10.6. The molecule has 4 nitrogen and oxygen atoms in total. The van der Waals surface area contributed by atoms with Gasteiger partial charge < -0.3 is 14.8 Å². The maximum Gasteiger partial charge on any atom is 0.306 e. The van der Waals surface area contributed by atoms with Gasteiger partial charge in [-0.2, -0.15) is 0 Å². The van der Waals surface area contributed by atoms with E-state index in [0.717, 1.165) is 25.3 Å². The van der Waals surface area contributed by atoms with Crippen molar-refractivity contribution in [3.63, 3.8) is 0 Å². The van der Waals surface area contributed by atoms with Crippen molar-refractivity contribution in [2.75, 3.05) is 20.3 Å². The smallest absolute Gasteiger partial charge is 0.306 e. The minimum absolute atomic E-state index is 0.189. The predicted octanol–water partition coefficient (Wildman–Crippen LogP) is 2.76. The molecule has 0 unspecified atom stereocenters. The lowest BCUT2D eigenvalue weighted by atomic mass is 10.1. The predicted molar refractivity (Wildman–Crippen MR) is 79.7 cm³/mol. The lowest BCUT2D eigenvalue weighted by Crippen LogP contribution is -2.18. The highest BCUT2D eigenvalue weighted by atomic mass is 16.5. The van der Waals surface area contributed by atoms with Crippen molar-refractivity contribution < 1.29 is 14.3 Å². The molecule has 0 aliphatic rings. The summed E-state index contributed by atoms with van der Waals surface area (Å²) in [6.45, 7) is 6.50. The van der Waals surface area contributed by atoms with Gasteiger partial charge in [0.2, 0.25) is 0 Å². The van der Waals surface area contributed by atoms with Gasteiger partial charge in [-0.05, 0) is 30.0 Å². The van der Waals surface area contributed by atoms with Crippen molar-refractivity contribution in [2.24, 2.45) is 5.92 Å². The van der Waals surface area contributed by atoms with Crippen LogP contribution in [0.25, 0.3) is 0 Å². The Morgan fingerprint density at radius 1 is 1.25 bits per heavy atom. The van der Waals surface area contributed by atoms with E-state index in [2.05, 4.69) is 23.9 Å². The summed E-state index contributed by atoms with van der Waals surface area (Å²) < 4.78 is 10.2. The Morgan fingerprint density at radius 2 is 1.95 bits per heavy atom. The molecule has 0 aromatic heterocycles. The highest BCUT2D eigenvalue weighted by molar-refractivity contribution is 5.69. The molecular formula is C16H25NO3. The first-order valence-corrected chi connectivity index (χ1v) is 7.11. The van der Waals surface area contributed by atoms with Gasteiger partial charge in [0.15, 0.2) is 0 Å². The number of nitrogens with one attached hydrogen (secondary N) is 1. The minimum atomic E-state index is -0.189. The van der Waals surface area contributed by atoms with Gasteiger partial charge in [-0.3, -0.25) is 4.79 Å². The van der Waals surface area contributed by atoms with E-state index < -0.39 is 0 Å². The number of rotatable bonds is 9. The lowest BCUT2D eigenvalue weighted by molar-refractivity contribution is -0.140. The summed E-state index contributed by atoms with van der Waals surface area (Å²) >= 11 is 0. The maximum atomic E-state index is 10.9. The number of hydrogen-bond acceptors (Lipinski definition) is 4. The first-order valence-electron chi connectivity index (χ1n) is 7.11. The first kappa shape index (κ1) is 16.5. The van der Waals surface area contributed by atoms with Crippen molar-refractivity contribution in [3.8, 4) is 5.75 Å². The molecule has 4 heteroatoms. The SMILES string of the molecule is COC(=O)CCNCc1ccc(OCCC(C)C)cc1. The van der Waals surface area contributed by atoms with Crippen molar-refractivity contribution in [2.45, 2.75) is 33.2 Å². The van der Waals surface area contributed by atoms with Gasteiger partial charge in [-0.25, -0.2) is 0 Å². The zero-order valence-corrected chi connectivity index (χ0v) is 12.6. The molecule has 0 fully saturated rings. The van der Waals surface area contributed by atoms with Gasteiger partial charge in [-0.15, -0.1) is 0 Å². The van der Waals surface area contributed by atoms with Crippen molar-refractivity contribution >= 4 is 5.97 Å². The monoisotopic (exact) mass is 279 g/mol. The highest BCUT2D eigenvalue weighted by Gasteiger charge is 2.00. The lowest BCUT2D eigenvalue weighted by Gasteiger charge is -2.09. The molecule has 0 saturated carbocycles. The van der Waals surface area contributed by atoms with E-state index in [-0.39, 0.29) is 5.97 Å². The second-order valence-corrected chi connectivity index (χ2v) is 5.18. The molecule has 1 aromatic rings. The molecular weight excluding hydrogens is 254 g/mol. The molecule has 1 rings (SSSR count). The van der Waals surface area contributed by atoms with Crippen LogP contribution in [0.3, 0.4) is 0 Å². The van der Waals surface area contributed by atoms with Gasteiger partial charge in [0, 0.05) is 13.1 Å². The Kier molecular flexibility index (Phi) is 7.73. The van der Waals surface area contributed by atoms with Crippen LogP contribution in [0.15, 0.2) is 24.3 Å². The van der Waals surface area contributed by atoms with E-state index in [1.807, 2.05) is 24.3 Å². The van der Waals surface area contributed by atoms with Crippen LogP contribution in [0.5, 0.6) is 5.75 Å². The average molecular weight is 279 g/mol. The van der Waals surface area contributed by atoms with Crippen LogP contribution in [-0.4, -0.2) is 26.2 Å². The summed E-state index contributed by atoms with van der Waals surface area (Å²) in [6.07, 6.45) is 1.46. The summed E-state index contributed by atoms with van der Waals surface area (Å²) in [7, 11) is 1.40. The summed E-state index contributed by atoms with van der Waals surface area (Å²) in [5.41, 5.74) is 1.17. The van der Waals surface area contributed by atoms with Crippen LogP contribution in [-0.2, 0) is 16.1 Å². The van der Waals surface area contributed by atoms with Crippen LogP contribution in [0.2, 0.25) is 0 Å². The van der Waals surface area contributed by atoms with E-state index in [0.29, 0.717) is 18.9 Å². The van der Waals surface area contributed by atoms with Crippen molar-refractivity contribution in [1.29, 1.82) is 0 Å². The number of carbonyl (C=O) groups excluding carboxylic acids is 1. The molecule has 0 atom stereocenters. The molecule has 0 aliphatic heterocycles. The van der Waals surface area contributed by atoms with Gasteiger partial charge in [-0.1, -0.05) is 26.0 Å². The molecule has 0 amide bonds. The number of hydrogen-bond donors (Lipinski definition) is 1. The largest absolute Gasteiger partial charge is 0.494 e. The van der Waals surface area contributed by atoms with Crippen molar-refractivity contribution in [3.05, 3.63) is 29.8 Å². The molecule has 20 heavy (non-hydrogen) atoms. The third kappa shape index (κ3) is 7.14. The minimum Gasteiger partial charge on any atom is -0.494 e. The van der Waals surface area contributed by atoms with Gasteiger partial charge in [0.1, 0.15) is 5.75 Å². The van der Waals surface area contributed by atoms with E-state index in [4.69, 9.17) is 4.74 Å². The van der Waals surface area contributed by atoms with Gasteiger partial charge in [0.05, 0.1) is 20.1 Å². The fraction of sp³-hybridized carbons (Fsp3) is 0.562. The first-order chi connectivity index (χ1) is 9.61. The Bertz CT molecular complexity index is 387. The quantitative estimate of drug-likeness (QED) is 0.558. The molecule has 0 spiro atoms. The van der Waals surface area contributed by atoms with E-state index in [9.17, 15) is 4.79 Å². The third-order valence-corrected chi connectivity index (χ3v) is 2.95.